The Hall–Kier alpha value is -2.29. The van der Waals surface area contributed by atoms with Crippen LogP contribution in [-0.2, 0) is 30.3 Å². The summed E-state index contributed by atoms with van der Waals surface area (Å²) in [5.74, 6) is -0.107. The smallest absolute Gasteiger partial charge is 0.220 e. The van der Waals surface area contributed by atoms with E-state index in [9.17, 15) is 9.90 Å². The molecule has 2 N–H and O–H groups in total. The summed E-state index contributed by atoms with van der Waals surface area (Å²) in [6.07, 6.45) is 7.52. The van der Waals surface area contributed by atoms with Crippen molar-refractivity contribution in [3.63, 3.8) is 0 Å². The van der Waals surface area contributed by atoms with E-state index in [-0.39, 0.29) is 12.5 Å². The van der Waals surface area contributed by atoms with E-state index < -0.39 is 36.9 Å². The van der Waals surface area contributed by atoms with Crippen molar-refractivity contribution >= 4 is 5.91 Å². The minimum atomic E-state index is -1.01. The van der Waals surface area contributed by atoms with Crippen LogP contribution in [0.1, 0.15) is 88.5 Å². The largest absolute Gasteiger partial charge is 0.388 e. The first-order valence-corrected chi connectivity index (χ1v) is 14.8. The maximum atomic E-state index is 12.9. The number of nitrogens with one attached hydrogen (secondary N) is 1. The van der Waals surface area contributed by atoms with Gasteiger partial charge in [0.1, 0.15) is 24.4 Å². The molecule has 2 aromatic carbocycles. The van der Waals surface area contributed by atoms with E-state index >= 15 is 0 Å². The van der Waals surface area contributed by atoms with Crippen molar-refractivity contribution in [3.8, 4) is 0 Å². The Labute approximate surface area is 233 Å². The Kier molecular flexibility index (Phi) is 12.2. The lowest BCUT2D eigenvalue weighted by molar-refractivity contribution is -0.345. The fourth-order valence-corrected chi connectivity index (χ4v) is 5.27. The number of carbonyl (C=O) groups is 1. The number of hydrogen-bond donors (Lipinski definition) is 2. The van der Waals surface area contributed by atoms with Gasteiger partial charge in [0.25, 0.3) is 0 Å². The average molecular weight is 540 g/mol. The number of carbonyl (C=O) groups excluding carboxylic acids is 1. The van der Waals surface area contributed by atoms with E-state index in [2.05, 4.69) is 12.2 Å². The molecule has 0 aliphatic carbocycles. The second-order valence-electron chi connectivity index (χ2n) is 10.7. The minimum Gasteiger partial charge on any atom is -0.388 e. The summed E-state index contributed by atoms with van der Waals surface area (Å²) in [6, 6.07) is 18.7. The molecule has 1 amide bonds. The number of aliphatic hydroxyl groups excluding tert-OH is 1. The van der Waals surface area contributed by atoms with Crippen molar-refractivity contribution in [2.45, 2.75) is 115 Å². The Morgan fingerprint density at radius 3 is 2.23 bits per heavy atom. The monoisotopic (exact) mass is 539 g/mol. The van der Waals surface area contributed by atoms with E-state index in [1.165, 1.54) is 38.5 Å². The van der Waals surface area contributed by atoms with E-state index in [1.54, 1.807) is 0 Å². The number of benzene rings is 2. The highest BCUT2D eigenvalue weighted by atomic mass is 16.7. The van der Waals surface area contributed by atoms with Gasteiger partial charge in [-0.05, 0) is 12.0 Å². The number of unbranched alkanes of at least 4 members (excludes halogenated alkanes) is 8. The molecule has 7 nitrogen and oxygen atoms in total. The summed E-state index contributed by atoms with van der Waals surface area (Å²) < 4.78 is 24.4. The first kappa shape index (κ1) is 29.7. The number of hydrogen-bond acceptors (Lipinski definition) is 6. The molecular weight excluding hydrogens is 494 g/mol. The van der Waals surface area contributed by atoms with Crippen molar-refractivity contribution in [2.75, 3.05) is 6.61 Å². The predicted molar refractivity (Wildman–Crippen MR) is 150 cm³/mol. The fourth-order valence-electron chi connectivity index (χ4n) is 5.27. The molecule has 0 saturated carbocycles. The molecule has 2 aromatic rings. The summed E-state index contributed by atoms with van der Waals surface area (Å²) in [7, 11) is 0. The van der Waals surface area contributed by atoms with E-state index in [4.69, 9.17) is 18.9 Å². The second kappa shape index (κ2) is 16.1. The quantitative estimate of drug-likeness (QED) is 0.278. The highest BCUT2D eigenvalue weighted by Crippen LogP contribution is 2.34. The van der Waals surface area contributed by atoms with Crippen molar-refractivity contribution in [2.24, 2.45) is 0 Å². The van der Waals surface area contributed by atoms with Gasteiger partial charge in [-0.15, -0.1) is 0 Å². The molecule has 7 heteroatoms. The molecule has 2 heterocycles. The van der Waals surface area contributed by atoms with Crippen molar-refractivity contribution in [1.29, 1.82) is 0 Å². The van der Waals surface area contributed by atoms with E-state index in [1.807, 2.05) is 60.7 Å². The Balaban J connectivity index is 1.31. The first-order valence-electron chi connectivity index (χ1n) is 14.8. The van der Waals surface area contributed by atoms with Crippen molar-refractivity contribution in [3.05, 3.63) is 71.8 Å². The number of aliphatic hydroxyl groups is 1. The molecular formula is C32H45NO6. The molecule has 0 spiro atoms. The van der Waals surface area contributed by atoms with Crippen LogP contribution in [0.4, 0.5) is 0 Å². The van der Waals surface area contributed by atoms with Gasteiger partial charge in [0.2, 0.25) is 5.91 Å². The normalized spacial score (nSPS) is 26.6. The third kappa shape index (κ3) is 9.12. The number of ether oxygens (including phenoxy) is 4. The molecule has 39 heavy (non-hydrogen) atoms. The van der Waals surface area contributed by atoms with Gasteiger partial charge in [0.05, 0.1) is 13.2 Å². The van der Waals surface area contributed by atoms with Gasteiger partial charge in [0.15, 0.2) is 12.6 Å². The van der Waals surface area contributed by atoms with E-state index in [0.717, 1.165) is 30.4 Å². The molecule has 214 valence electrons. The third-order valence-electron chi connectivity index (χ3n) is 7.53. The lowest BCUT2D eigenvalue weighted by atomic mass is 9.95. The van der Waals surface area contributed by atoms with Crippen LogP contribution in [0, 0.1) is 0 Å². The number of fused-ring (bicyclic) bond motifs is 1. The molecule has 2 saturated heterocycles. The second-order valence-corrected chi connectivity index (χ2v) is 10.7. The number of amides is 1. The van der Waals surface area contributed by atoms with Gasteiger partial charge in [-0.2, -0.15) is 0 Å². The molecule has 2 aliphatic heterocycles. The lowest BCUT2D eigenvalue weighted by Gasteiger charge is -2.47. The zero-order chi connectivity index (χ0) is 27.3. The molecule has 2 fully saturated rings. The van der Waals surface area contributed by atoms with E-state index in [0.29, 0.717) is 13.0 Å². The Morgan fingerprint density at radius 1 is 0.897 bits per heavy atom. The van der Waals surface area contributed by atoms with Crippen LogP contribution >= 0.6 is 0 Å². The van der Waals surface area contributed by atoms with Gasteiger partial charge in [-0.25, -0.2) is 0 Å². The zero-order valence-electron chi connectivity index (χ0n) is 23.2. The number of rotatable bonds is 15. The fraction of sp³-hybridized carbons (Fsp3) is 0.594. The Bertz CT molecular complexity index is 958. The highest BCUT2D eigenvalue weighted by molar-refractivity contribution is 5.76. The highest BCUT2D eigenvalue weighted by Gasteiger charge is 2.50. The van der Waals surface area contributed by atoms with Crippen LogP contribution in [0.25, 0.3) is 0 Å². The molecule has 6 atom stereocenters. The van der Waals surface area contributed by atoms with Crippen LogP contribution in [0.3, 0.4) is 0 Å². The molecule has 0 radical (unpaired) electrons. The van der Waals surface area contributed by atoms with Gasteiger partial charge >= 0.3 is 0 Å². The molecule has 2 aliphatic rings. The topological polar surface area (TPSA) is 86.3 Å². The Morgan fingerprint density at radius 2 is 1.54 bits per heavy atom. The van der Waals surface area contributed by atoms with Gasteiger partial charge in [-0.1, -0.05) is 119 Å². The van der Waals surface area contributed by atoms with Crippen molar-refractivity contribution in [1.82, 2.24) is 5.32 Å². The molecule has 0 bridgehead atoms. The standard InChI is InChI=1S/C32H45NO6/c1-2-3-4-5-6-7-8-9-16-21-27(34)33-28-29(35)30-26(23-37-31(39-30)25-19-14-11-15-20-25)38-32(28)36-22-24-17-12-10-13-18-24/h10-15,17-20,26,28-32,35H,2-9,16,21-23H2,1H3,(H,33,34)/t26-,28-,29-,30-,31?,32+/m1/s1. The minimum absolute atomic E-state index is 0.107. The SMILES string of the molecule is CCCCCCCCCCCC(=O)N[C@H]1[C@@H](OCc2ccccc2)O[C@@H]2COC(c3ccccc3)O[C@H]2[C@@H]1O. The molecule has 4 rings (SSSR count). The van der Waals surface area contributed by atoms with Crippen LogP contribution in [0.5, 0.6) is 0 Å². The summed E-state index contributed by atoms with van der Waals surface area (Å²) in [5, 5.41) is 14.4. The molecule has 1 unspecified atom stereocenters. The third-order valence-corrected chi connectivity index (χ3v) is 7.53. The van der Waals surface area contributed by atoms with Crippen LogP contribution in [-0.4, -0.2) is 48.3 Å². The van der Waals surface area contributed by atoms with Crippen LogP contribution < -0.4 is 5.32 Å². The first-order chi connectivity index (χ1) is 19.2. The van der Waals surface area contributed by atoms with Crippen LogP contribution in [0.15, 0.2) is 60.7 Å². The van der Waals surface area contributed by atoms with Gasteiger partial charge in [-0.3, -0.25) is 4.79 Å². The van der Waals surface area contributed by atoms with Crippen molar-refractivity contribution < 1.29 is 28.8 Å². The summed E-state index contributed by atoms with van der Waals surface area (Å²) >= 11 is 0. The molecule has 0 aromatic heterocycles. The predicted octanol–water partition coefficient (Wildman–Crippen LogP) is 5.81. The average Bonchev–Trinajstić information content (AvgIpc) is 2.97. The van der Waals surface area contributed by atoms with Gasteiger partial charge < -0.3 is 29.4 Å². The summed E-state index contributed by atoms with van der Waals surface area (Å²) in [6.45, 7) is 2.79. The maximum absolute atomic E-state index is 12.9. The summed E-state index contributed by atoms with van der Waals surface area (Å²) in [4.78, 5) is 12.9. The summed E-state index contributed by atoms with van der Waals surface area (Å²) in [5.41, 5.74) is 1.86. The maximum Gasteiger partial charge on any atom is 0.220 e. The lowest BCUT2D eigenvalue weighted by Crippen LogP contribution is -2.66. The zero-order valence-corrected chi connectivity index (χ0v) is 23.2. The van der Waals surface area contributed by atoms with Gasteiger partial charge in [0, 0.05) is 12.0 Å². The van der Waals surface area contributed by atoms with Crippen LogP contribution in [0.2, 0.25) is 0 Å².